The van der Waals surface area contributed by atoms with Crippen LogP contribution in [0.25, 0.3) is 0 Å². The Hall–Kier alpha value is -2.65. The first-order chi connectivity index (χ1) is 12.0. The number of nitrogens with one attached hydrogen (secondary N) is 1. The molecule has 0 bridgehead atoms. The Labute approximate surface area is 154 Å². The smallest absolute Gasteiger partial charge is 0.229 e. The van der Waals surface area contributed by atoms with Gasteiger partial charge in [-0.2, -0.15) is 5.26 Å². The highest BCUT2D eigenvalue weighted by molar-refractivity contribution is 9.10. The molecule has 1 unspecified atom stereocenters. The fourth-order valence-electron chi connectivity index (χ4n) is 2.85. The fourth-order valence-corrected chi connectivity index (χ4v) is 3.10. The zero-order valence-electron chi connectivity index (χ0n) is 13.6. The summed E-state index contributed by atoms with van der Waals surface area (Å²) < 4.78 is 0.977. The highest BCUT2D eigenvalue weighted by Crippen LogP contribution is 2.29. The van der Waals surface area contributed by atoms with Gasteiger partial charge in [-0.3, -0.25) is 9.59 Å². The van der Waals surface area contributed by atoms with Crippen molar-refractivity contribution in [3.8, 4) is 6.07 Å². The second-order valence-electron chi connectivity index (χ2n) is 5.99. The minimum Gasteiger partial charge on any atom is -0.325 e. The molecule has 3 rings (SSSR count). The second kappa shape index (κ2) is 7.08. The predicted molar refractivity (Wildman–Crippen MR) is 99.1 cm³/mol. The van der Waals surface area contributed by atoms with Crippen molar-refractivity contribution in [1.29, 1.82) is 5.26 Å². The molecule has 2 aromatic rings. The molecule has 6 heteroatoms. The average Bonchev–Trinajstić information content (AvgIpc) is 3.00. The van der Waals surface area contributed by atoms with E-state index in [0.29, 0.717) is 17.8 Å². The van der Waals surface area contributed by atoms with Gasteiger partial charge >= 0.3 is 0 Å². The van der Waals surface area contributed by atoms with Gasteiger partial charge in [0.25, 0.3) is 0 Å². The summed E-state index contributed by atoms with van der Waals surface area (Å²) >= 11 is 3.44. The number of rotatable bonds is 3. The average molecular weight is 398 g/mol. The summed E-state index contributed by atoms with van der Waals surface area (Å²) in [5.74, 6) is -0.758. The number of anilines is 2. The number of nitriles is 1. The van der Waals surface area contributed by atoms with Crippen LogP contribution in [0.2, 0.25) is 0 Å². The molecule has 1 saturated heterocycles. The van der Waals surface area contributed by atoms with Crippen LogP contribution in [-0.2, 0) is 9.59 Å². The summed E-state index contributed by atoms with van der Waals surface area (Å²) in [5.41, 5.74) is 2.69. The Morgan fingerprint density at radius 3 is 2.80 bits per heavy atom. The van der Waals surface area contributed by atoms with Crippen LogP contribution >= 0.6 is 15.9 Å². The lowest BCUT2D eigenvalue weighted by Gasteiger charge is -2.18. The number of nitrogens with zero attached hydrogens (tertiary/aromatic N) is 2. The van der Waals surface area contributed by atoms with Crippen molar-refractivity contribution in [2.75, 3.05) is 16.8 Å². The van der Waals surface area contributed by atoms with Crippen molar-refractivity contribution in [2.24, 2.45) is 5.92 Å². The molecule has 0 saturated carbocycles. The number of carbonyl (C=O) groups is 2. The van der Waals surface area contributed by atoms with Crippen LogP contribution in [0.3, 0.4) is 0 Å². The largest absolute Gasteiger partial charge is 0.325 e. The molecule has 2 amide bonds. The van der Waals surface area contributed by atoms with E-state index in [2.05, 4.69) is 21.2 Å². The summed E-state index contributed by atoms with van der Waals surface area (Å²) in [5, 5.41) is 11.9. The Balaban J connectivity index is 1.74. The first kappa shape index (κ1) is 17.2. The number of hydrogen-bond acceptors (Lipinski definition) is 3. The molecule has 1 heterocycles. The summed E-state index contributed by atoms with van der Waals surface area (Å²) in [6.45, 7) is 2.29. The van der Waals surface area contributed by atoms with E-state index in [4.69, 9.17) is 5.26 Å². The lowest BCUT2D eigenvalue weighted by atomic mass is 10.1. The SMILES string of the molecule is Cc1cc(N2CC(C(=O)Nc3ccccc3C#N)CC2=O)ccc1Br. The molecule has 2 aromatic carbocycles. The topological polar surface area (TPSA) is 73.2 Å². The molecule has 25 heavy (non-hydrogen) atoms. The van der Waals surface area contributed by atoms with Crippen molar-refractivity contribution in [3.05, 3.63) is 58.1 Å². The summed E-state index contributed by atoms with van der Waals surface area (Å²) in [4.78, 5) is 26.5. The maximum absolute atomic E-state index is 12.5. The van der Waals surface area contributed by atoms with Crippen LogP contribution in [0, 0.1) is 24.2 Å². The molecule has 0 spiro atoms. The summed E-state index contributed by atoms with van der Waals surface area (Å²) in [6, 6.07) is 14.6. The van der Waals surface area contributed by atoms with Crippen molar-refractivity contribution in [1.82, 2.24) is 0 Å². The number of carbonyl (C=O) groups excluding carboxylic acids is 2. The number of halogens is 1. The van der Waals surface area contributed by atoms with Crippen LogP contribution in [0.1, 0.15) is 17.5 Å². The van der Waals surface area contributed by atoms with Gasteiger partial charge in [0, 0.05) is 23.1 Å². The third-order valence-corrected chi connectivity index (χ3v) is 5.14. The molecule has 0 aliphatic carbocycles. The zero-order chi connectivity index (χ0) is 18.0. The van der Waals surface area contributed by atoms with E-state index >= 15 is 0 Å². The zero-order valence-corrected chi connectivity index (χ0v) is 15.2. The number of hydrogen-bond donors (Lipinski definition) is 1. The monoisotopic (exact) mass is 397 g/mol. The van der Waals surface area contributed by atoms with E-state index in [1.807, 2.05) is 31.2 Å². The van der Waals surface area contributed by atoms with Crippen molar-refractivity contribution < 1.29 is 9.59 Å². The minimum absolute atomic E-state index is 0.0737. The third-order valence-electron chi connectivity index (χ3n) is 4.25. The van der Waals surface area contributed by atoms with Gasteiger partial charge in [0.1, 0.15) is 6.07 Å². The second-order valence-corrected chi connectivity index (χ2v) is 6.84. The molecule has 1 aliphatic rings. The highest BCUT2D eigenvalue weighted by Gasteiger charge is 2.35. The van der Waals surface area contributed by atoms with E-state index in [1.165, 1.54) is 0 Å². The van der Waals surface area contributed by atoms with Gasteiger partial charge in [0.15, 0.2) is 0 Å². The van der Waals surface area contributed by atoms with E-state index < -0.39 is 5.92 Å². The Bertz CT molecular complexity index is 888. The molecular formula is C19H16BrN3O2. The van der Waals surface area contributed by atoms with Crippen molar-refractivity contribution in [2.45, 2.75) is 13.3 Å². The lowest BCUT2D eigenvalue weighted by Crippen LogP contribution is -2.28. The standard InChI is InChI=1S/C19H16BrN3O2/c1-12-8-15(6-7-16(12)20)23-11-14(9-18(23)24)19(25)22-17-5-3-2-4-13(17)10-21/h2-8,14H,9,11H2,1H3,(H,22,25). The van der Waals surface area contributed by atoms with Crippen molar-refractivity contribution >= 4 is 39.1 Å². The van der Waals surface area contributed by atoms with Gasteiger partial charge in [-0.25, -0.2) is 0 Å². The number of benzene rings is 2. The Morgan fingerprint density at radius 2 is 2.08 bits per heavy atom. The molecule has 126 valence electrons. The van der Waals surface area contributed by atoms with Crippen molar-refractivity contribution in [3.63, 3.8) is 0 Å². The maximum Gasteiger partial charge on any atom is 0.229 e. The lowest BCUT2D eigenvalue weighted by molar-refractivity contribution is -0.122. The minimum atomic E-state index is -0.441. The quantitative estimate of drug-likeness (QED) is 0.859. The summed E-state index contributed by atoms with van der Waals surface area (Å²) in [7, 11) is 0. The Kier molecular flexibility index (Phi) is 4.86. The predicted octanol–water partition coefficient (Wildman–Crippen LogP) is 3.62. The Morgan fingerprint density at radius 1 is 1.32 bits per heavy atom. The first-order valence-corrected chi connectivity index (χ1v) is 8.65. The number of aryl methyl sites for hydroxylation is 1. The molecular weight excluding hydrogens is 382 g/mol. The van der Waals surface area contributed by atoms with Crippen LogP contribution in [-0.4, -0.2) is 18.4 Å². The van der Waals surface area contributed by atoms with Crippen LogP contribution in [0.4, 0.5) is 11.4 Å². The van der Waals surface area contributed by atoms with Crippen LogP contribution in [0.5, 0.6) is 0 Å². The van der Waals surface area contributed by atoms with E-state index in [0.717, 1.165) is 15.7 Å². The molecule has 5 nitrogen and oxygen atoms in total. The molecule has 1 aliphatic heterocycles. The van der Waals surface area contributed by atoms with E-state index in [1.54, 1.807) is 29.2 Å². The first-order valence-electron chi connectivity index (χ1n) is 7.86. The van der Waals surface area contributed by atoms with Crippen LogP contribution in [0.15, 0.2) is 46.9 Å². The molecule has 1 fully saturated rings. The van der Waals surface area contributed by atoms with Gasteiger partial charge in [-0.1, -0.05) is 28.1 Å². The third kappa shape index (κ3) is 3.57. The van der Waals surface area contributed by atoms with E-state index in [-0.39, 0.29) is 18.2 Å². The van der Waals surface area contributed by atoms with Gasteiger partial charge in [-0.15, -0.1) is 0 Å². The van der Waals surface area contributed by atoms with Gasteiger partial charge in [0.05, 0.1) is 17.2 Å². The number of amides is 2. The van der Waals surface area contributed by atoms with E-state index in [9.17, 15) is 9.59 Å². The normalized spacial score (nSPS) is 16.6. The van der Waals surface area contributed by atoms with Gasteiger partial charge < -0.3 is 10.2 Å². The molecule has 1 atom stereocenters. The van der Waals surface area contributed by atoms with Crippen LogP contribution < -0.4 is 10.2 Å². The number of para-hydroxylation sites is 1. The molecule has 0 aromatic heterocycles. The van der Waals surface area contributed by atoms with Gasteiger partial charge in [0.2, 0.25) is 11.8 Å². The molecule has 1 N–H and O–H groups in total. The summed E-state index contributed by atoms with van der Waals surface area (Å²) in [6.07, 6.45) is 0.162. The van der Waals surface area contributed by atoms with Gasteiger partial charge in [-0.05, 0) is 42.8 Å². The fraction of sp³-hybridized carbons (Fsp3) is 0.211. The molecule has 0 radical (unpaired) electrons. The highest BCUT2D eigenvalue weighted by atomic mass is 79.9. The maximum atomic E-state index is 12.5.